The Balaban J connectivity index is 1.99. The van der Waals surface area contributed by atoms with Crippen LogP contribution in [0.2, 0.25) is 0 Å². The molecule has 2 rings (SSSR count). The van der Waals surface area contributed by atoms with E-state index in [-0.39, 0.29) is 11.8 Å². The van der Waals surface area contributed by atoms with Crippen LogP contribution < -0.4 is 5.32 Å². The monoisotopic (exact) mass is 209 g/mol. The third kappa shape index (κ3) is 2.08. The third-order valence-electron chi connectivity index (χ3n) is 2.12. The van der Waals surface area contributed by atoms with Gasteiger partial charge in [-0.1, -0.05) is 6.07 Å². The number of amides is 1. The fourth-order valence-corrected chi connectivity index (χ4v) is 1.44. The van der Waals surface area contributed by atoms with Crippen LogP contribution in [0.3, 0.4) is 0 Å². The lowest BCUT2D eigenvalue weighted by atomic mass is 10.1. The Kier molecular flexibility index (Phi) is 2.74. The van der Waals surface area contributed by atoms with Gasteiger partial charge in [-0.25, -0.2) is 0 Å². The molecule has 1 aliphatic heterocycles. The van der Waals surface area contributed by atoms with Gasteiger partial charge in [0.2, 0.25) is 5.91 Å². The van der Waals surface area contributed by atoms with E-state index in [1.54, 1.807) is 0 Å². The normalized spacial score (nSPS) is 16.1. The maximum Gasteiger partial charge on any atom is 0.232 e. The number of carbonyl (C=O) groups excluding carboxylic acids is 1. The second kappa shape index (κ2) is 4.02. The molecule has 0 atom stereocenters. The average molecular weight is 209 g/mol. The summed E-state index contributed by atoms with van der Waals surface area (Å²) in [6, 6.07) is 7.39. The highest BCUT2D eigenvalue weighted by Gasteiger charge is 2.26. The van der Waals surface area contributed by atoms with Crippen LogP contribution in [0.1, 0.15) is 0 Å². The van der Waals surface area contributed by atoms with Crippen molar-refractivity contribution in [1.29, 1.82) is 0 Å². The van der Waals surface area contributed by atoms with Crippen LogP contribution in [0.4, 0.5) is 5.69 Å². The van der Waals surface area contributed by atoms with Crippen LogP contribution >= 0.6 is 12.6 Å². The summed E-state index contributed by atoms with van der Waals surface area (Å²) in [4.78, 5) is 12.3. The van der Waals surface area contributed by atoms with Crippen molar-refractivity contribution in [3.63, 3.8) is 0 Å². The Hall–Kier alpha value is -1.00. The number of hydrogen-bond acceptors (Lipinski definition) is 3. The van der Waals surface area contributed by atoms with Gasteiger partial charge in [-0.05, 0) is 18.2 Å². The Bertz CT molecular complexity index is 350. The van der Waals surface area contributed by atoms with Crippen molar-refractivity contribution in [2.75, 3.05) is 18.5 Å². The van der Waals surface area contributed by atoms with Gasteiger partial charge in [0, 0.05) is 10.6 Å². The molecule has 14 heavy (non-hydrogen) atoms. The molecule has 1 amide bonds. The largest absolute Gasteiger partial charge is 0.380 e. The first-order valence-electron chi connectivity index (χ1n) is 4.43. The zero-order chi connectivity index (χ0) is 9.97. The molecule has 1 fully saturated rings. The van der Waals surface area contributed by atoms with Crippen LogP contribution in [0.25, 0.3) is 0 Å². The molecule has 0 bridgehead atoms. The molecule has 1 saturated heterocycles. The molecule has 1 aromatic rings. The molecule has 3 nitrogen and oxygen atoms in total. The molecule has 0 radical (unpaired) electrons. The predicted octanol–water partition coefficient (Wildman–Crippen LogP) is 1.56. The zero-order valence-electron chi connectivity index (χ0n) is 7.56. The van der Waals surface area contributed by atoms with Crippen molar-refractivity contribution >= 4 is 24.2 Å². The summed E-state index contributed by atoms with van der Waals surface area (Å²) in [7, 11) is 0. The highest BCUT2D eigenvalue weighted by Crippen LogP contribution is 2.16. The average Bonchev–Trinajstić information content (AvgIpc) is 1.99. The molecular weight excluding hydrogens is 198 g/mol. The topological polar surface area (TPSA) is 38.3 Å². The highest BCUT2D eigenvalue weighted by atomic mass is 32.1. The van der Waals surface area contributed by atoms with Crippen molar-refractivity contribution in [3.8, 4) is 0 Å². The minimum atomic E-state index is 0.0126. The number of nitrogens with one attached hydrogen (secondary N) is 1. The molecule has 74 valence electrons. The second-order valence-electron chi connectivity index (χ2n) is 3.27. The zero-order valence-corrected chi connectivity index (χ0v) is 8.46. The van der Waals surface area contributed by atoms with Gasteiger partial charge in [0.05, 0.1) is 19.1 Å². The summed E-state index contributed by atoms with van der Waals surface area (Å²) in [5, 5.41) is 2.82. The maximum atomic E-state index is 11.5. The summed E-state index contributed by atoms with van der Waals surface area (Å²) in [5.74, 6) is 0.0359. The SMILES string of the molecule is O=C(Nc1cccc(S)c1)C1COC1. The van der Waals surface area contributed by atoms with Crippen LogP contribution in [-0.2, 0) is 9.53 Å². The molecule has 0 unspecified atom stereocenters. The van der Waals surface area contributed by atoms with E-state index in [2.05, 4.69) is 17.9 Å². The minimum absolute atomic E-state index is 0.0126. The van der Waals surface area contributed by atoms with Crippen LogP contribution in [0, 0.1) is 5.92 Å². The number of carbonyl (C=O) groups is 1. The van der Waals surface area contributed by atoms with Crippen LogP contribution in [0.5, 0.6) is 0 Å². The van der Waals surface area contributed by atoms with Crippen molar-refractivity contribution in [2.45, 2.75) is 4.90 Å². The van der Waals surface area contributed by atoms with Crippen molar-refractivity contribution in [2.24, 2.45) is 5.92 Å². The van der Waals surface area contributed by atoms with Crippen LogP contribution in [0.15, 0.2) is 29.2 Å². The number of rotatable bonds is 2. The number of ether oxygens (including phenoxy) is 1. The van der Waals surface area contributed by atoms with Gasteiger partial charge in [-0.15, -0.1) is 12.6 Å². The molecule has 0 saturated carbocycles. The van der Waals surface area contributed by atoms with Crippen LogP contribution in [-0.4, -0.2) is 19.1 Å². The Morgan fingerprint density at radius 2 is 2.29 bits per heavy atom. The molecule has 4 heteroatoms. The lowest BCUT2D eigenvalue weighted by Crippen LogP contribution is -2.38. The Morgan fingerprint density at radius 1 is 1.50 bits per heavy atom. The maximum absolute atomic E-state index is 11.5. The second-order valence-corrected chi connectivity index (χ2v) is 3.79. The van der Waals surface area contributed by atoms with Gasteiger partial charge < -0.3 is 10.1 Å². The van der Waals surface area contributed by atoms with E-state index in [1.807, 2.05) is 24.3 Å². The van der Waals surface area contributed by atoms with E-state index in [0.717, 1.165) is 10.6 Å². The summed E-state index contributed by atoms with van der Waals surface area (Å²) in [5.41, 5.74) is 0.786. The fraction of sp³-hybridized carbons (Fsp3) is 0.300. The summed E-state index contributed by atoms with van der Waals surface area (Å²) >= 11 is 4.19. The lowest BCUT2D eigenvalue weighted by Gasteiger charge is -2.24. The number of anilines is 1. The Labute approximate surface area is 87.9 Å². The lowest BCUT2D eigenvalue weighted by molar-refractivity contribution is -0.133. The standard InChI is InChI=1S/C10H11NO2S/c12-10(7-5-13-6-7)11-8-2-1-3-9(14)4-8/h1-4,7,14H,5-6H2,(H,11,12). The molecule has 1 heterocycles. The quantitative estimate of drug-likeness (QED) is 0.725. The smallest absolute Gasteiger partial charge is 0.232 e. The van der Waals surface area contributed by atoms with Crippen molar-refractivity contribution < 1.29 is 9.53 Å². The van der Waals surface area contributed by atoms with E-state index in [1.165, 1.54) is 0 Å². The highest BCUT2D eigenvalue weighted by molar-refractivity contribution is 7.80. The number of thiol groups is 1. The van der Waals surface area contributed by atoms with E-state index < -0.39 is 0 Å². The first-order chi connectivity index (χ1) is 6.75. The molecule has 1 aromatic carbocycles. The summed E-state index contributed by atoms with van der Waals surface area (Å²) in [6.07, 6.45) is 0. The van der Waals surface area contributed by atoms with E-state index in [4.69, 9.17) is 4.74 Å². The number of benzene rings is 1. The molecular formula is C10H11NO2S. The van der Waals surface area contributed by atoms with Gasteiger partial charge in [0.15, 0.2) is 0 Å². The molecule has 0 aromatic heterocycles. The fourth-order valence-electron chi connectivity index (χ4n) is 1.22. The van der Waals surface area contributed by atoms with Crippen molar-refractivity contribution in [1.82, 2.24) is 0 Å². The van der Waals surface area contributed by atoms with Crippen molar-refractivity contribution in [3.05, 3.63) is 24.3 Å². The van der Waals surface area contributed by atoms with E-state index in [0.29, 0.717) is 13.2 Å². The molecule has 0 spiro atoms. The van der Waals surface area contributed by atoms with E-state index >= 15 is 0 Å². The predicted molar refractivity (Wildman–Crippen MR) is 56.6 cm³/mol. The van der Waals surface area contributed by atoms with Gasteiger partial charge in [0.25, 0.3) is 0 Å². The summed E-state index contributed by atoms with van der Waals surface area (Å²) in [6.45, 7) is 1.07. The van der Waals surface area contributed by atoms with E-state index in [9.17, 15) is 4.79 Å². The van der Waals surface area contributed by atoms with Gasteiger partial charge in [0.1, 0.15) is 0 Å². The van der Waals surface area contributed by atoms with Gasteiger partial charge in [-0.3, -0.25) is 4.79 Å². The first-order valence-corrected chi connectivity index (χ1v) is 4.88. The minimum Gasteiger partial charge on any atom is -0.380 e. The number of hydrogen-bond donors (Lipinski definition) is 2. The molecule has 1 aliphatic rings. The first kappa shape index (κ1) is 9.55. The molecule has 1 N–H and O–H groups in total. The van der Waals surface area contributed by atoms with Gasteiger partial charge in [-0.2, -0.15) is 0 Å². The Morgan fingerprint density at radius 3 is 2.86 bits per heavy atom. The summed E-state index contributed by atoms with van der Waals surface area (Å²) < 4.78 is 4.94. The molecule has 0 aliphatic carbocycles. The third-order valence-corrected chi connectivity index (χ3v) is 2.40. The van der Waals surface area contributed by atoms with Gasteiger partial charge >= 0.3 is 0 Å².